The van der Waals surface area contributed by atoms with E-state index in [1.807, 2.05) is 24.3 Å². The summed E-state index contributed by atoms with van der Waals surface area (Å²) in [5.74, 6) is 0. The van der Waals surface area contributed by atoms with Crippen LogP contribution in [0.4, 0.5) is 0 Å². The predicted octanol–water partition coefficient (Wildman–Crippen LogP) is 0.0720. The number of hydrogen-bond donors (Lipinski definition) is 2. The van der Waals surface area contributed by atoms with Gasteiger partial charge in [-0.2, -0.15) is 0 Å². The van der Waals surface area contributed by atoms with Gasteiger partial charge in [-0.1, -0.05) is 17.3 Å². The lowest BCUT2D eigenvalue weighted by atomic mass is 10.2. The molecular formula is C11H13N3O3. The van der Waals surface area contributed by atoms with Crippen LogP contribution in [0.3, 0.4) is 0 Å². The predicted molar refractivity (Wildman–Crippen MR) is 59.1 cm³/mol. The summed E-state index contributed by atoms with van der Waals surface area (Å²) < 4.78 is 7.18. The van der Waals surface area contributed by atoms with E-state index in [0.29, 0.717) is 6.42 Å². The highest BCUT2D eigenvalue weighted by Gasteiger charge is 2.35. The van der Waals surface area contributed by atoms with Crippen LogP contribution >= 0.6 is 0 Å². The molecule has 1 unspecified atom stereocenters. The SMILES string of the molecule is OC[C@H]1OC(n2nnc3ccccc32)C[C@@H]1O. The lowest BCUT2D eigenvalue weighted by molar-refractivity contribution is -0.0474. The van der Waals surface area contributed by atoms with Crippen molar-refractivity contribution in [2.45, 2.75) is 24.9 Å². The van der Waals surface area contributed by atoms with Crippen molar-refractivity contribution in [1.29, 1.82) is 0 Å². The fraction of sp³-hybridized carbons (Fsp3) is 0.455. The van der Waals surface area contributed by atoms with Crippen LogP contribution in [0.1, 0.15) is 12.6 Å². The van der Waals surface area contributed by atoms with E-state index in [-0.39, 0.29) is 12.8 Å². The zero-order chi connectivity index (χ0) is 11.8. The van der Waals surface area contributed by atoms with Crippen LogP contribution in [0.15, 0.2) is 24.3 Å². The topological polar surface area (TPSA) is 80.4 Å². The molecule has 1 saturated heterocycles. The molecule has 0 aliphatic carbocycles. The highest BCUT2D eigenvalue weighted by Crippen LogP contribution is 2.29. The summed E-state index contributed by atoms with van der Waals surface area (Å²) >= 11 is 0. The molecule has 0 spiro atoms. The fourth-order valence-corrected chi connectivity index (χ4v) is 2.13. The van der Waals surface area contributed by atoms with Crippen molar-refractivity contribution in [2.24, 2.45) is 0 Å². The van der Waals surface area contributed by atoms with Crippen molar-refractivity contribution in [3.63, 3.8) is 0 Å². The first-order valence-corrected chi connectivity index (χ1v) is 5.54. The molecule has 0 saturated carbocycles. The third-order valence-electron chi connectivity index (χ3n) is 3.03. The van der Waals surface area contributed by atoms with E-state index in [1.54, 1.807) is 4.68 Å². The minimum absolute atomic E-state index is 0.190. The maximum atomic E-state index is 9.68. The molecular weight excluding hydrogens is 222 g/mol. The van der Waals surface area contributed by atoms with Crippen molar-refractivity contribution >= 4 is 11.0 Å². The highest BCUT2D eigenvalue weighted by atomic mass is 16.5. The number of para-hydroxylation sites is 1. The second-order valence-electron chi connectivity index (χ2n) is 4.14. The van der Waals surface area contributed by atoms with Gasteiger partial charge in [-0.3, -0.25) is 0 Å². The van der Waals surface area contributed by atoms with Gasteiger partial charge in [-0.05, 0) is 12.1 Å². The second kappa shape index (κ2) is 4.06. The second-order valence-corrected chi connectivity index (χ2v) is 4.14. The minimum atomic E-state index is -0.659. The van der Waals surface area contributed by atoms with Crippen LogP contribution < -0.4 is 0 Å². The molecule has 17 heavy (non-hydrogen) atoms. The van der Waals surface area contributed by atoms with Crippen LogP contribution in [0.25, 0.3) is 11.0 Å². The number of aliphatic hydroxyl groups is 2. The van der Waals surface area contributed by atoms with Crippen LogP contribution in [0, 0.1) is 0 Å². The van der Waals surface area contributed by atoms with Gasteiger partial charge in [-0.15, -0.1) is 5.10 Å². The number of aromatic nitrogens is 3. The molecule has 2 aromatic rings. The third-order valence-corrected chi connectivity index (χ3v) is 3.03. The summed E-state index contributed by atoms with van der Waals surface area (Å²) in [7, 11) is 0. The van der Waals surface area contributed by atoms with Gasteiger partial charge < -0.3 is 14.9 Å². The summed E-state index contributed by atoms with van der Waals surface area (Å²) in [5.41, 5.74) is 1.65. The van der Waals surface area contributed by atoms with Crippen molar-refractivity contribution < 1.29 is 14.9 Å². The summed E-state index contributed by atoms with van der Waals surface area (Å²) in [5, 5.41) is 26.8. The van der Waals surface area contributed by atoms with E-state index in [4.69, 9.17) is 9.84 Å². The van der Waals surface area contributed by atoms with E-state index in [9.17, 15) is 5.11 Å². The largest absolute Gasteiger partial charge is 0.394 e. The molecule has 3 atom stereocenters. The number of benzene rings is 1. The van der Waals surface area contributed by atoms with Crippen molar-refractivity contribution in [3.05, 3.63) is 24.3 Å². The van der Waals surface area contributed by atoms with Gasteiger partial charge >= 0.3 is 0 Å². The van der Waals surface area contributed by atoms with Gasteiger partial charge in [0.2, 0.25) is 0 Å². The maximum Gasteiger partial charge on any atom is 0.155 e. The first-order chi connectivity index (χ1) is 8.29. The molecule has 1 aliphatic heterocycles. The Morgan fingerprint density at radius 2 is 2.24 bits per heavy atom. The average Bonchev–Trinajstić information content (AvgIpc) is 2.92. The normalized spacial score (nSPS) is 28.9. The molecule has 1 aliphatic rings. The van der Waals surface area contributed by atoms with Crippen molar-refractivity contribution in [3.8, 4) is 0 Å². The molecule has 6 nitrogen and oxygen atoms in total. The average molecular weight is 235 g/mol. The Balaban J connectivity index is 1.95. The van der Waals surface area contributed by atoms with Gasteiger partial charge in [0, 0.05) is 6.42 Å². The van der Waals surface area contributed by atoms with Crippen LogP contribution in [0.2, 0.25) is 0 Å². The number of fused-ring (bicyclic) bond motifs is 1. The van der Waals surface area contributed by atoms with Gasteiger partial charge in [0.15, 0.2) is 6.23 Å². The molecule has 2 N–H and O–H groups in total. The van der Waals surface area contributed by atoms with Crippen molar-refractivity contribution in [2.75, 3.05) is 6.61 Å². The van der Waals surface area contributed by atoms with E-state index < -0.39 is 12.2 Å². The Kier molecular flexibility index (Phi) is 2.54. The molecule has 0 amide bonds. The number of aliphatic hydroxyl groups excluding tert-OH is 2. The molecule has 1 fully saturated rings. The highest BCUT2D eigenvalue weighted by molar-refractivity contribution is 5.73. The molecule has 3 rings (SSSR count). The van der Waals surface area contributed by atoms with Crippen LogP contribution in [-0.2, 0) is 4.74 Å². The van der Waals surface area contributed by atoms with E-state index in [2.05, 4.69) is 10.3 Å². The van der Waals surface area contributed by atoms with Gasteiger partial charge in [0.25, 0.3) is 0 Å². The van der Waals surface area contributed by atoms with E-state index in [1.165, 1.54) is 0 Å². The van der Waals surface area contributed by atoms with Gasteiger partial charge in [-0.25, -0.2) is 4.68 Å². The molecule has 6 heteroatoms. The first-order valence-electron chi connectivity index (χ1n) is 5.54. The smallest absolute Gasteiger partial charge is 0.155 e. The summed E-state index contributed by atoms with van der Waals surface area (Å²) in [4.78, 5) is 0. The Hall–Kier alpha value is -1.50. The fourth-order valence-electron chi connectivity index (χ4n) is 2.13. The standard InChI is InChI=1S/C11H13N3O3/c15-6-10-9(16)5-11(17-10)14-8-4-2-1-3-7(8)12-13-14/h1-4,9-11,15-16H,5-6H2/t9-,10+,11?/m0/s1. The van der Waals surface area contributed by atoms with Gasteiger partial charge in [0.05, 0.1) is 18.2 Å². The number of nitrogens with zero attached hydrogens (tertiary/aromatic N) is 3. The monoisotopic (exact) mass is 235 g/mol. The molecule has 2 heterocycles. The number of rotatable bonds is 2. The third kappa shape index (κ3) is 1.70. The number of hydrogen-bond acceptors (Lipinski definition) is 5. The maximum absolute atomic E-state index is 9.68. The lowest BCUT2D eigenvalue weighted by Crippen LogP contribution is -2.24. The van der Waals surface area contributed by atoms with Gasteiger partial charge in [0.1, 0.15) is 11.6 Å². The van der Waals surface area contributed by atoms with Crippen LogP contribution in [-0.4, -0.2) is 44.0 Å². The van der Waals surface area contributed by atoms with E-state index >= 15 is 0 Å². The summed E-state index contributed by atoms with van der Waals surface area (Å²) in [6.45, 7) is -0.190. The Bertz CT molecular complexity index is 527. The van der Waals surface area contributed by atoms with Crippen molar-refractivity contribution in [1.82, 2.24) is 15.0 Å². The molecule has 1 aromatic heterocycles. The quantitative estimate of drug-likeness (QED) is 0.770. The molecule has 0 bridgehead atoms. The summed E-state index contributed by atoms with van der Waals surface area (Å²) in [6, 6.07) is 7.56. The number of ether oxygens (including phenoxy) is 1. The molecule has 1 aromatic carbocycles. The zero-order valence-electron chi connectivity index (χ0n) is 9.10. The molecule has 90 valence electrons. The minimum Gasteiger partial charge on any atom is -0.394 e. The Morgan fingerprint density at radius 1 is 1.41 bits per heavy atom. The zero-order valence-corrected chi connectivity index (χ0v) is 9.10. The Morgan fingerprint density at radius 3 is 3.00 bits per heavy atom. The lowest BCUT2D eigenvalue weighted by Gasteiger charge is -2.12. The first kappa shape index (κ1) is 10.6. The Labute approximate surface area is 97.4 Å². The molecule has 0 radical (unpaired) electrons. The summed E-state index contributed by atoms with van der Waals surface area (Å²) in [6.07, 6.45) is -1.15. The van der Waals surface area contributed by atoms with E-state index in [0.717, 1.165) is 11.0 Å². The van der Waals surface area contributed by atoms with Crippen LogP contribution in [0.5, 0.6) is 0 Å².